The lowest BCUT2D eigenvalue weighted by molar-refractivity contribution is -0.143. The molecule has 7 nitrogen and oxygen atoms in total. The highest BCUT2D eigenvalue weighted by Gasteiger charge is 2.31. The first-order valence-corrected chi connectivity index (χ1v) is 9.84. The van der Waals surface area contributed by atoms with Gasteiger partial charge in [-0.1, -0.05) is 25.1 Å². The van der Waals surface area contributed by atoms with Crippen LogP contribution in [0.2, 0.25) is 0 Å². The summed E-state index contributed by atoms with van der Waals surface area (Å²) in [4.78, 5) is 37.1. The molecule has 1 atom stereocenters. The van der Waals surface area contributed by atoms with E-state index in [2.05, 4.69) is 10.6 Å². The molecule has 0 aliphatic carbocycles. The van der Waals surface area contributed by atoms with Crippen molar-refractivity contribution >= 4 is 29.7 Å². The van der Waals surface area contributed by atoms with Crippen LogP contribution in [0, 0.1) is 0 Å². The molecule has 8 heteroatoms. The number of carbonyl (C=O) groups is 3. The molecule has 0 aromatic heterocycles. The van der Waals surface area contributed by atoms with Gasteiger partial charge in [-0.15, -0.1) is 11.8 Å². The van der Waals surface area contributed by atoms with Crippen molar-refractivity contribution in [3.63, 3.8) is 0 Å². The third-order valence-electron chi connectivity index (χ3n) is 3.84. The Kier molecular flexibility index (Phi) is 8.19. The van der Waals surface area contributed by atoms with E-state index in [0.29, 0.717) is 17.7 Å². The molecule has 1 aliphatic heterocycles. The van der Waals surface area contributed by atoms with Crippen LogP contribution in [0.3, 0.4) is 0 Å². The lowest BCUT2D eigenvalue weighted by atomic mass is 10.0. The van der Waals surface area contributed by atoms with Gasteiger partial charge in [-0.2, -0.15) is 0 Å². The Hall–Kier alpha value is -2.48. The average Bonchev–Trinajstić information content (AvgIpc) is 2.66. The molecule has 27 heavy (non-hydrogen) atoms. The lowest BCUT2D eigenvalue weighted by Gasteiger charge is -2.28. The fourth-order valence-corrected chi connectivity index (χ4v) is 3.42. The van der Waals surface area contributed by atoms with E-state index in [1.165, 1.54) is 0 Å². The number of carbonyl (C=O) groups excluding carboxylic acids is 3. The number of ether oxygens (including phenoxy) is 2. The molecule has 0 bridgehead atoms. The van der Waals surface area contributed by atoms with Crippen LogP contribution in [0.5, 0.6) is 0 Å². The maximum Gasteiger partial charge on any atom is 0.338 e. The van der Waals surface area contributed by atoms with E-state index in [1.54, 1.807) is 18.7 Å². The predicted octanol–water partition coefficient (Wildman–Crippen LogP) is 2.62. The van der Waals surface area contributed by atoms with Crippen molar-refractivity contribution in [2.45, 2.75) is 37.6 Å². The normalized spacial score (nSPS) is 16.4. The van der Waals surface area contributed by atoms with Crippen molar-refractivity contribution in [2.75, 3.05) is 19.0 Å². The highest BCUT2D eigenvalue weighted by molar-refractivity contribution is 7.99. The van der Waals surface area contributed by atoms with Gasteiger partial charge < -0.3 is 20.1 Å². The molecule has 2 rings (SSSR count). The van der Waals surface area contributed by atoms with E-state index >= 15 is 0 Å². The number of amides is 2. The Morgan fingerprint density at radius 3 is 2.56 bits per heavy atom. The van der Waals surface area contributed by atoms with E-state index < -0.39 is 24.0 Å². The van der Waals surface area contributed by atoms with Crippen molar-refractivity contribution in [3.8, 4) is 0 Å². The molecule has 0 spiro atoms. The van der Waals surface area contributed by atoms with Gasteiger partial charge in [-0.05, 0) is 25.5 Å². The Morgan fingerprint density at radius 1 is 1.15 bits per heavy atom. The average molecular weight is 392 g/mol. The SMILES string of the molecule is CCOC(=O)C1=C(COC(=O)CCSc2ccccc2)NC(=O)NC1CC. The summed E-state index contributed by atoms with van der Waals surface area (Å²) in [5.41, 5.74) is 0.568. The summed E-state index contributed by atoms with van der Waals surface area (Å²) in [5, 5.41) is 5.23. The standard InChI is InChI=1S/C19H24N2O5S/c1-3-14-17(18(23)25-4-2)15(21-19(24)20-14)12-26-16(22)10-11-27-13-8-6-5-7-9-13/h5-9,14H,3-4,10-12H2,1-2H3,(H2,20,21,24). The van der Waals surface area contributed by atoms with Crippen LogP contribution in [0.1, 0.15) is 26.7 Å². The van der Waals surface area contributed by atoms with Gasteiger partial charge in [0.1, 0.15) is 6.61 Å². The molecule has 1 heterocycles. The molecular formula is C19H24N2O5S. The number of esters is 2. The van der Waals surface area contributed by atoms with Gasteiger partial charge >= 0.3 is 18.0 Å². The molecule has 2 amide bonds. The Morgan fingerprint density at radius 2 is 1.89 bits per heavy atom. The van der Waals surface area contributed by atoms with Crippen LogP contribution >= 0.6 is 11.8 Å². The van der Waals surface area contributed by atoms with Gasteiger partial charge in [0, 0.05) is 10.6 Å². The van der Waals surface area contributed by atoms with Crippen LogP contribution in [-0.4, -0.2) is 43.0 Å². The third-order valence-corrected chi connectivity index (χ3v) is 4.86. The van der Waals surface area contributed by atoms with Gasteiger partial charge in [0.25, 0.3) is 0 Å². The predicted molar refractivity (Wildman–Crippen MR) is 102 cm³/mol. The van der Waals surface area contributed by atoms with Crippen molar-refractivity contribution in [3.05, 3.63) is 41.6 Å². The summed E-state index contributed by atoms with van der Waals surface area (Å²) < 4.78 is 10.3. The summed E-state index contributed by atoms with van der Waals surface area (Å²) in [6.45, 7) is 3.60. The topological polar surface area (TPSA) is 93.7 Å². The molecule has 0 saturated carbocycles. The minimum absolute atomic E-state index is 0.174. The summed E-state index contributed by atoms with van der Waals surface area (Å²) >= 11 is 1.56. The molecule has 1 unspecified atom stereocenters. The maximum atomic E-state index is 12.2. The van der Waals surface area contributed by atoms with Crippen molar-refractivity contribution in [1.29, 1.82) is 0 Å². The molecule has 0 radical (unpaired) electrons. The van der Waals surface area contributed by atoms with Gasteiger partial charge in [0.15, 0.2) is 0 Å². The Labute approximate surface area is 162 Å². The first kappa shape index (κ1) is 20.8. The molecular weight excluding hydrogens is 368 g/mol. The minimum atomic E-state index is -0.525. The van der Waals surface area contributed by atoms with E-state index in [9.17, 15) is 14.4 Å². The quantitative estimate of drug-likeness (QED) is 0.496. The van der Waals surface area contributed by atoms with E-state index in [-0.39, 0.29) is 25.3 Å². The number of thioether (sulfide) groups is 1. The second-order valence-corrected chi connectivity index (χ2v) is 6.91. The van der Waals surface area contributed by atoms with Crippen LogP contribution in [-0.2, 0) is 19.1 Å². The minimum Gasteiger partial charge on any atom is -0.463 e. The monoisotopic (exact) mass is 392 g/mol. The van der Waals surface area contributed by atoms with Crippen LogP contribution in [0.25, 0.3) is 0 Å². The molecule has 1 aromatic carbocycles. The smallest absolute Gasteiger partial charge is 0.338 e. The van der Waals surface area contributed by atoms with Crippen molar-refractivity contribution in [2.24, 2.45) is 0 Å². The zero-order valence-electron chi connectivity index (χ0n) is 15.4. The number of urea groups is 1. The van der Waals surface area contributed by atoms with Crippen LogP contribution < -0.4 is 10.6 Å². The zero-order chi connectivity index (χ0) is 19.6. The summed E-state index contributed by atoms with van der Waals surface area (Å²) in [6, 6.07) is 8.86. The maximum absolute atomic E-state index is 12.2. The molecule has 2 N–H and O–H groups in total. The highest BCUT2D eigenvalue weighted by atomic mass is 32.2. The third kappa shape index (κ3) is 6.32. The molecule has 0 saturated heterocycles. The van der Waals surface area contributed by atoms with Crippen LogP contribution in [0.4, 0.5) is 4.79 Å². The summed E-state index contributed by atoms with van der Waals surface area (Å²) in [7, 11) is 0. The molecule has 146 valence electrons. The van der Waals surface area contributed by atoms with E-state index in [4.69, 9.17) is 9.47 Å². The van der Waals surface area contributed by atoms with Gasteiger partial charge in [0.05, 0.1) is 30.3 Å². The van der Waals surface area contributed by atoms with Gasteiger partial charge in [-0.3, -0.25) is 4.79 Å². The van der Waals surface area contributed by atoms with Crippen molar-refractivity contribution in [1.82, 2.24) is 10.6 Å². The fourth-order valence-electron chi connectivity index (χ4n) is 2.57. The number of hydrogen-bond donors (Lipinski definition) is 2. The molecule has 0 fully saturated rings. The largest absolute Gasteiger partial charge is 0.463 e. The highest BCUT2D eigenvalue weighted by Crippen LogP contribution is 2.19. The summed E-state index contributed by atoms with van der Waals surface area (Å²) in [6.07, 6.45) is 0.748. The Bertz CT molecular complexity index is 705. The Balaban J connectivity index is 1.94. The second kappa shape index (κ2) is 10.6. The van der Waals surface area contributed by atoms with E-state index in [0.717, 1.165) is 4.90 Å². The first-order valence-electron chi connectivity index (χ1n) is 8.86. The molecule has 1 aromatic rings. The fraction of sp³-hybridized carbons (Fsp3) is 0.421. The molecule has 1 aliphatic rings. The van der Waals surface area contributed by atoms with Crippen LogP contribution in [0.15, 0.2) is 46.5 Å². The van der Waals surface area contributed by atoms with Gasteiger partial charge in [0.2, 0.25) is 0 Å². The van der Waals surface area contributed by atoms with E-state index in [1.807, 2.05) is 37.3 Å². The number of hydrogen-bond acceptors (Lipinski definition) is 6. The zero-order valence-corrected chi connectivity index (χ0v) is 16.3. The second-order valence-electron chi connectivity index (χ2n) is 5.74. The lowest BCUT2D eigenvalue weighted by Crippen LogP contribution is -2.51. The number of benzene rings is 1. The number of rotatable bonds is 9. The first-order chi connectivity index (χ1) is 13.0. The summed E-state index contributed by atoms with van der Waals surface area (Å²) in [5.74, 6) is -0.338. The number of nitrogens with one attached hydrogen (secondary N) is 2. The van der Waals surface area contributed by atoms with Crippen molar-refractivity contribution < 1.29 is 23.9 Å². The van der Waals surface area contributed by atoms with Gasteiger partial charge in [-0.25, -0.2) is 9.59 Å².